The third-order valence-corrected chi connectivity index (χ3v) is 4.13. The minimum absolute atomic E-state index is 0.161. The molecule has 0 fully saturated rings. The molecule has 2 aromatic carbocycles. The number of rotatable bonds is 4. The van der Waals surface area contributed by atoms with Crippen LogP contribution in [0.5, 0.6) is 5.75 Å². The number of benzene rings is 2. The van der Waals surface area contributed by atoms with Crippen molar-refractivity contribution in [3.63, 3.8) is 0 Å². The highest BCUT2D eigenvalue weighted by atomic mass is 19.1. The number of fused-ring (bicyclic) bond motifs is 1. The van der Waals surface area contributed by atoms with Gasteiger partial charge in [0.2, 0.25) is 0 Å². The highest BCUT2D eigenvalue weighted by Crippen LogP contribution is 2.28. The zero-order valence-corrected chi connectivity index (χ0v) is 14.3. The van der Waals surface area contributed by atoms with E-state index in [0.29, 0.717) is 22.2 Å². The Hall–Kier alpha value is -2.95. The van der Waals surface area contributed by atoms with E-state index in [9.17, 15) is 9.18 Å². The van der Waals surface area contributed by atoms with E-state index >= 15 is 0 Å². The second-order valence-electron chi connectivity index (χ2n) is 5.93. The zero-order chi connectivity index (χ0) is 18.0. The summed E-state index contributed by atoms with van der Waals surface area (Å²) in [7, 11) is 1.49. The van der Waals surface area contributed by atoms with Crippen molar-refractivity contribution in [2.24, 2.45) is 0 Å². The first-order valence-corrected chi connectivity index (χ1v) is 8.00. The molecule has 0 aliphatic carbocycles. The van der Waals surface area contributed by atoms with Gasteiger partial charge in [-0.25, -0.2) is 9.37 Å². The number of carbonyl (C=O) groups excluding carboxylic acids is 1. The molecule has 3 aromatic rings. The molecule has 1 atom stereocenters. The Bertz CT molecular complexity index is 926. The maximum absolute atomic E-state index is 13.7. The standard InChI is InChI=1S/C20H19FN2O2/c1-12-9-15(21)10-16-18(25-3)11-17(23-19(12)16)20(24)22-13(2)14-7-5-4-6-8-14/h4-11,13H,1-3H3,(H,22,24)/t13-/m0/s1. The lowest BCUT2D eigenvalue weighted by Crippen LogP contribution is -2.27. The molecular weight excluding hydrogens is 319 g/mol. The molecule has 0 aliphatic heterocycles. The van der Waals surface area contributed by atoms with Crippen LogP contribution in [0.4, 0.5) is 4.39 Å². The third-order valence-electron chi connectivity index (χ3n) is 4.13. The van der Waals surface area contributed by atoms with Crippen molar-refractivity contribution in [1.82, 2.24) is 10.3 Å². The Morgan fingerprint density at radius 3 is 2.60 bits per heavy atom. The number of methoxy groups -OCH3 is 1. The molecule has 0 radical (unpaired) electrons. The van der Waals surface area contributed by atoms with Gasteiger partial charge in [0, 0.05) is 11.5 Å². The van der Waals surface area contributed by atoms with Gasteiger partial charge in [-0.15, -0.1) is 0 Å². The van der Waals surface area contributed by atoms with Crippen molar-refractivity contribution < 1.29 is 13.9 Å². The van der Waals surface area contributed by atoms with Crippen molar-refractivity contribution in [3.8, 4) is 5.75 Å². The monoisotopic (exact) mass is 338 g/mol. The molecule has 1 aromatic heterocycles. The van der Waals surface area contributed by atoms with Crippen LogP contribution >= 0.6 is 0 Å². The van der Waals surface area contributed by atoms with E-state index in [1.54, 1.807) is 6.92 Å². The highest BCUT2D eigenvalue weighted by molar-refractivity contribution is 5.98. The van der Waals surface area contributed by atoms with Gasteiger partial charge in [0.25, 0.3) is 5.91 Å². The summed E-state index contributed by atoms with van der Waals surface area (Å²) < 4.78 is 19.0. The molecule has 0 aliphatic rings. The molecule has 5 heteroatoms. The lowest BCUT2D eigenvalue weighted by Gasteiger charge is -2.15. The van der Waals surface area contributed by atoms with Crippen LogP contribution in [0.1, 0.15) is 34.6 Å². The van der Waals surface area contributed by atoms with Gasteiger partial charge >= 0.3 is 0 Å². The second-order valence-corrected chi connectivity index (χ2v) is 5.93. The minimum atomic E-state index is -0.361. The lowest BCUT2D eigenvalue weighted by molar-refractivity contribution is 0.0935. The highest BCUT2D eigenvalue weighted by Gasteiger charge is 2.17. The summed E-state index contributed by atoms with van der Waals surface area (Å²) in [5.41, 5.74) is 2.45. The maximum atomic E-state index is 13.7. The Morgan fingerprint density at radius 1 is 1.20 bits per heavy atom. The molecule has 4 nitrogen and oxygen atoms in total. The van der Waals surface area contributed by atoms with E-state index < -0.39 is 0 Å². The molecule has 0 bridgehead atoms. The molecule has 1 amide bonds. The topological polar surface area (TPSA) is 51.2 Å². The average molecular weight is 338 g/mol. The van der Waals surface area contributed by atoms with Crippen molar-refractivity contribution in [1.29, 1.82) is 0 Å². The number of hydrogen-bond acceptors (Lipinski definition) is 3. The average Bonchev–Trinajstić information content (AvgIpc) is 2.61. The molecule has 0 saturated carbocycles. The first-order valence-electron chi connectivity index (χ1n) is 8.00. The smallest absolute Gasteiger partial charge is 0.270 e. The van der Waals surface area contributed by atoms with Gasteiger partial charge in [-0.05, 0) is 37.1 Å². The van der Waals surface area contributed by atoms with Crippen molar-refractivity contribution in [2.45, 2.75) is 19.9 Å². The summed E-state index contributed by atoms with van der Waals surface area (Å²) in [6.45, 7) is 3.66. The quantitative estimate of drug-likeness (QED) is 0.776. The van der Waals surface area contributed by atoms with Gasteiger partial charge in [0.1, 0.15) is 17.3 Å². The van der Waals surface area contributed by atoms with E-state index in [0.717, 1.165) is 5.56 Å². The number of hydrogen-bond donors (Lipinski definition) is 1. The normalized spacial score (nSPS) is 12.0. The van der Waals surface area contributed by atoms with Crippen LogP contribution in [0.3, 0.4) is 0 Å². The summed E-state index contributed by atoms with van der Waals surface area (Å²) in [6.07, 6.45) is 0. The van der Waals surface area contributed by atoms with Crippen molar-refractivity contribution in [2.75, 3.05) is 7.11 Å². The number of amides is 1. The molecule has 0 unspecified atom stereocenters. The van der Waals surface area contributed by atoms with Gasteiger partial charge in [0.05, 0.1) is 18.7 Å². The van der Waals surface area contributed by atoms with Crippen LogP contribution in [-0.4, -0.2) is 18.0 Å². The zero-order valence-electron chi connectivity index (χ0n) is 14.3. The van der Waals surface area contributed by atoms with Crippen molar-refractivity contribution in [3.05, 3.63) is 71.2 Å². The predicted molar refractivity (Wildman–Crippen MR) is 95.3 cm³/mol. The second kappa shape index (κ2) is 6.89. The first kappa shape index (κ1) is 16.9. The number of carbonyl (C=O) groups is 1. The Labute approximate surface area is 145 Å². The maximum Gasteiger partial charge on any atom is 0.270 e. The molecule has 1 heterocycles. The third kappa shape index (κ3) is 3.45. The molecule has 128 valence electrons. The SMILES string of the molecule is COc1cc(C(=O)N[C@@H](C)c2ccccc2)nc2c(C)cc(F)cc12. The Kier molecular flexibility index (Phi) is 4.65. The van der Waals surface area contributed by atoms with Gasteiger partial charge in [-0.2, -0.15) is 0 Å². The number of aromatic nitrogens is 1. The van der Waals surface area contributed by atoms with Crippen LogP contribution in [0.2, 0.25) is 0 Å². The van der Waals surface area contributed by atoms with E-state index in [1.807, 2.05) is 37.3 Å². The fourth-order valence-corrected chi connectivity index (χ4v) is 2.81. The van der Waals surface area contributed by atoms with E-state index in [-0.39, 0.29) is 23.5 Å². The van der Waals surface area contributed by atoms with E-state index in [1.165, 1.54) is 25.3 Å². The number of ether oxygens (including phenoxy) is 1. The van der Waals surface area contributed by atoms with Crippen LogP contribution in [-0.2, 0) is 0 Å². The molecular formula is C20H19FN2O2. The molecule has 25 heavy (non-hydrogen) atoms. The summed E-state index contributed by atoms with van der Waals surface area (Å²) in [6, 6.07) is 13.8. The Balaban J connectivity index is 1.96. The van der Waals surface area contributed by atoms with Gasteiger partial charge in [-0.1, -0.05) is 30.3 Å². The van der Waals surface area contributed by atoms with Gasteiger partial charge < -0.3 is 10.1 Å². The molecule has 0 saturated heterocycles. The number of halogens is 1. The lowest BCUT2D eigenvalue weighted by atomic mass is 10.1. The number of nitrogens with one attached hydrogen (secondary N) is 1. The molecule has 3 rings (SSSR count). The molecule has 0 spiro atoms. The summed E-state index contributed by atoms with van der Waals surface area (Å²) in [4.78, 5) is 17.0. The number of nitrogens with zero attached hydrogens (tertiary/aromatic N) is 1. The fourth-order valence-electron chi connectivity index (χ4n) is 2.81. The summed E-state index contributed by atoms with van der Waals surface area (Å²) >= 11 is 0. The van der Waals surface area contributed by atoms with Crippen LogP contribution in [0, 0.1) is 12.7 Å². The number of pyridine rings is 1. The van der Waals surface area contributed by atoms with E-state index in [2.05, 4.69) is 10.3 Å². The molecule has 1 N–H and O–H groups in total. The largest absolute Gasteiger partial charge is 0.496 e. The fraction of sp³-hybridized carbons (Fsp3) is 0.200. The number of aryl methyl sites for hydroxylation is 1. The van der Waals surface area contributed by atoms with Crippen LogP contribution < -0.4 is 10.1 Å². The van der Waals surface area contributed by atoms with Gasteiger partial charge in [-0.3, -0.25) is 4.79 Å². The van der Waals surface area contributed by atoms with Gasteiger partial charge in [0.15, 0.2) is 0 Å². The van der Waals surface area contributed by atoms with E-state index in [4.69, 9.17) is 4.74 Å². The minimum Gasteiger partial charge on any atom is -0.496 e. The first-order chi connectivity index (χ1) is 12.0. The Morgan fingerprint density at radius 2 is 1.92 bits per heavy atom. The predicted octanol–water partition coefficient (Wildman–Crippen LogP) is 4.18. The summed E-state index contributed by atoms with van der Waals surface area (Å²) in [5.74, 6) is -0.245. The van der Waals surface area contributed by atoms with Crippen LogP contribution in [0.25, 0.3) is 10.9 Å². The summed E-state index contributed by atoms with van der Waals surface area (Å²) in [5, 5.41) is 3.48. The van der Waals surface area contributed by atoms with Crippen molar-refractivity contribution >= 4 is 16.8 Å². The van der Waals surface area contributed by atoms with Crippen LogP contribution in [0.15, 0.2) is 48.5 Å².